The van der Waals surface area contributed by atoms with Gasteiger partial charge in [-0.2, -0.15) is 0 Å². The van der Waals surface area contributed by atoms with Crippen molar-refractivity contribution in [2.24, 2.45) is 0 Å². The Hall–Kier alpha value is -1.87. The standard InChI is InChI=1S/C19H15BrO2/c1-11-6-15-17(21)10-18(22-19(15)16(20)7-11)14-8-12-4-2-3-5-13(12)9-14/h2-7,10,14H,8-9H2,1H3. The van der Waals surface area contributed by atoms with Gasteiger partial charge in [-0.25, -0.2) is 0 Å². The zero-order valence-corrected chi connectivity index (χ0v) is 13.8. The van der Waals surface area contributed by atoms with Gasteiger partial charge in [0.1, 0.15) is 5.76 Å². The molecule has 1 heterocycles. The van der Waals surface area contributed by atoms with Gasteiger partial charge in [0.05, 0.1) is 9.86 Å². The molecule has 1 aliphatic carbocycles. The molecular formula is C19H15BrO2. The van der Waals surface area contributed by atoms with E-state index in [1.807, 2.05) is 19.1 Å². The summed E-state index contributed by atoms with van der Waals surface area (Å²) in [5.41, 5.74) is 4.46. The Bertz CT molecular complexity index is 915. The van der Waals surface area contributed by atoms with Gasteiger partial charge in [0.2, 0.25) is 0 Å². The van der Waals surface area contributed by atoms with Gasteiger partial charge < -0.3 is 4.42 Å². The van der Waals surface area contributed by atoms with E-state index in [4.69, 9.17) is 4.42 Å². The number of fused-ring (bicyclic) bond motifs is 2. The van der Waals surface area contributed by atoms with Crippen molar-refractivity contribution >= 4 is 26.9 Å². The van der Waals surface area contributed by atoms with Crippen LogP contribution in [0.1, 0.15) is 28.4 Å². The van der Waals surface area contributed by atoms with Crippen molar-refractivity contribution in [1.29, 1.82) is 0 Å². The highest BCUT2D eigenvalue weighted by Gasteiger charge is 2.25. The maximum atomic E-state index is 12.5. The first-order valence-electron chi connectivity index (χ1n) is 7.42. The fraction of sp³-hybridized carbons (Fsp3) is 0.211. The molecule has 0 amide bonds. The number of aryl methyl sites for hydroxylation is 1. The summed E-state index contributed by atoms with van der Waals surface area (Å²) in [7, 11) is 0. The van der Waals surface area contributed by atoms with Crippen LogP contribution in [0.15, 0.2) is 56.1 Å². The zero-order chi connectivity index (χ0) is 15.3. The van der Waals surface area contributed by atoms with Crippen LogP contribution >= 0.6 is 15.9 Å². The van der Waals surface area contributed by atoms with Crippen molar-refractivity contribution < 1.29 is 4.42 Å². The van der Waals surface area contributed by atoms with E-state index < -0.39 is 0 Å². The summed E-state index contributed by atoms with van der Waals surface area (Å²) in [4.78, 5) is 12.5. The second-order valence-electron chi connectivity index (χ2n) is 6.01. The predicted octanol–water partition coefficient (Wildman–Crippen LogP) is 4.75. The Kier molecular flexibility index (Phi) is 3.19. The first-order chi connectivity index (χ1) is 10.6. The first kappa shape index (κ1) is 13.8. The van der Waals surface area contributed by atoms with E-state index in [0.29, 0.717) is 11.0 Å². The largest absolute Gasteiger partial charge is 0.459 e. The topological polar surface area (TPSA) is 30.2 Å². The highest BCUT2D eigenvalue weighted by molar-refractivity contribution is 9.10. The van der Waals surface area contributed by atoms with E-state index >= 15 is 0 Å². The van der Waals surface area contributed by atoms with Crippen LogP contribution in [0.25, 0.3) is 11.0 Å². The summed E-state index contributed by atoms with van der Waals surface area (Å²) in [6.07, 6.45) is 1.88. The van der Waals surface area contributed by atoms with Gasteiger partial charge in [-0.05, 0) is 64.5 Å². The second kappa shape index (κ2) is 5.10. The summed E-state index contributed by atoms with van der Waals surface area (Å²) in [5, 5.41) is 0.645. The monoisotopic (exact) mass is 354 g/mol. The molecule has 2 aromatic carbocycles. The molecule has 3 heteroatoms. The minimum atomic E-state index is 0.0385. The molecule has 1 aliphatic rings. The molecule has 1 aromatic heterocycles. The van der Waals surface area contributed by atoms with Crippen molar-refractivity contribution in [3.05, 3.63) is 79.6 Å². The molecule has 4 rings (SSSR count). The third-order valence-electron chi connectivity index (χ3n) is 4.40. The Morgan fingerprint density at radius 3 is 2.45 bits per heavy atom. The van der Waals surface area contributed by atoms with Crippen LogP contribution in [0.2, 0.25) is 0 Å². The molecular weight excluding hydrogens is 340 g/mol. The summed E-state index contributed by atoms with van der Waals surface area (Å²) in [5.74, 6) is 1.04. The van der Waals surface area contributed by atoms with E-state index in [0.717, 1.165) is 28.6 Å². The quantitative estimate of drug-likeness (QED) is 0.631. The highest BCUT2D eigenvalue weighted by Crippen LogP contribution is 2.35. The lowest BCUT2D eigenvalue weighted by Crippen LogP contribution is -2.07. The van der Waals surface area contributed by atoms with Crippen molar-refractivity contribution in [1.82, 2.24) is 0 Å². The molecule has 0 saturated carbocycles. The van der Waals surface area contributed by atoms with Crippen molar-refractivity contribution in [3.8, 4) is 0 Å². The van der Waals surface area contributed by atoms with Gasteiger partial charge in [0.25, 0.3) is 0 Å². The lowest BCUT2D eigenvalue weighted by molar-refractivity contribution is 0.485. The van der Waals surface area contributed by atoms with Crippen LogP contribution < -0.4 is 5.43 Å². The van der Waals surface area contributed by atoms with Gasteiger partial charge in [-0.15, -0.1) is 0 Å². The van der Waals surface area contributed by atoms with Crippen LogP contribution in [-0.4, -0.2) is 0 Å². The molecule has 22 heavy (non-hydrogen) atoms. The molecule has 0 N–H and O–H groups in total. The first-order valence-corrected chi connectivity index (χ1v) is 8.22. The van der Waals surface area contributed by atoms with Gasteiger partial charge in [0, 0.05) is 12.0 Å². The molecule has 0 spiro atoms. The van der Waals surface area contributed by atoms with Crippen molar-refractivity contribution in [3.63, 3.8) is 0 Å². The van der Waals surface area contributed by atoms with E-state index in [9.17, 15) is 4.79 Å². The smallest absolute Gasteiger partial charge is 0.193 e. The van der Waals surface area contributed by atoms with Crippen LogP contribution in [0, 0.1) is 6.92 Å². The molecule has 0 aliphatic heterocycles. The molecule has 0 radical (unpaired) electrons. The number of rotatable bonds is 1. The van der Waals surface area contributed by atoms with Gasteiger partial charge >= 0.3 is 0 Å². The highest BCUT2D eigenvalue weighted by atomic mass is 79.9. The van der Waals surface area contributed by atoms with Crippen LogP contribution in [0.3, 0.4) is 0 Å². The van der Waals surface area contributed by atoms with Crippen molar-refractivity contribution in [2.45, 2.75) is 25.7 Å². The molecule has 0 fully saturated rings. The van der Waals surface area contributed by atoms with Crippen LogP contribution in [-0.2, 0) is 12.8 Å². The van der Waals surface area contributed by atoms with E-state index in [-0.39, 0.29) is 11.3 Å². The summed E-state index contributed by atoms with van der Waals surface area (Å²) in [6.45, 7) is 1.98. The van der Waals surface area contributed by atoms with Crippen molar-refractivity contribution in [2.75, 3.05) is 0 Å². The predicted molar refractivity (Wildman–Crippen MR) is 91.5 cm³/mol. The molecule has 2 nitrogen and oxygen atoms in total. The molecule has 3 aromatic rings. The van der Waals surface area contributed by atoms with E-state index in [1.54, 1.807) is 6.07 Å². The third-order valence-corrected chi connectivity index (χ3v) is 4.99. The number of hydrogen-bond acceptors (Lipinski definition) is 2. The average molecular weight is 355 g/mol. The second-order valence-corrected chi connectivity index (χ2v) is 6.86. The Labute approximate surface area is 136 Å². The molecule has 0 unspecified atom stereocenters. The molecule has 0 atom stereocenters. The third kappa shape index (κ3) is 2.20. The number of halogens is 1. The number of hydrogen-bond donors (Lipinski definition) is 0. The fourth-order valence-corrected chi connectivity index (χ4v) is 3.99. The zero-order valence-electron chi connectivity index (χ0n) is 12.2. The van der Waals surface area contributed by atoms with Gasteiger partial charge in [-0.3, -0.25) is 4.79 Å². The van der Waals surface area contributed by atoms with Crippen LogP contribution in [0.4, 0.5) is 0 Å². The maximum absolute atomic E-state index is 12.5. The minimum absolute atomic E-state index is 0.0385. The summed E-state index contributed by atoms with van der Waals surface area (Å²) >= 11 is 3.52. The Morgan fingerprint density at radius 1 is 1.09 bits per heavy atom. The summed E-state index contributed by atoms with van der Waals surface area (Å²) < 4.78 is 6.94. The number of benzene rings is 2. The van der Waals surface area contributed by atoms with Gasteiger partial charge in [-0.1, -0.05) is 24.3 Å². The SMILES string of the molecule is Cc1cc(Br)c2oc(C3Cc4ccccc4C3)cc(=O)c2c1. The Balaban J connectivity index is 1.83. The fourth-order valence-electron chi connectivity index (χ4n) is 3.33. The van der Waals surface area contributed by atoms with E-state index in [2.05, 4.69) is 40.2 Å². The molecule has 0 bridgehead atoms. The van der Waals surface area contributed by atoms with Crippen LogP contribution in [0.5, 0.6) is 0 Å². The molecule has 110 valence electrons. The molecule has 0 saturated heterocycles. The lowest BCUT2D eigenvalue weighted by atomic mass is 10.0. The van der Waals surface area contributed by atoms with Gasteiger partial charge in [0.15, 0.2) is 11.0 Å². The summed E-state index contributed by atoms with van der Waals surface area (Å²) in [6, 6.07) is 14.0. The lowest BCUT2D eigenvalue weighted by Gasteiger charge is -2.10. The Morgan fingerprint density at radius 2 is 1.77 bits per heavy atom. The normalized spacial score (nSPS) is 14.5. The maximum Gasteiger partial charge on any atom is 0.193 e. The average Bonchev–Trinajstić information content (AvgIpc) is 2.92. The van der Waals surface area contributed by atoms with E-state index in [1.165, 1.54) is 11.1 Å². The minimum Gasteiger partial charge on any atom is -0.459 e.